The molecule has 0 N–H and O–H groups in total. The van der Waals surface area contributed by atoms with Crippen LogP contribution in [0.3, 0.4) is 0 Å². The zero-order valence-electron chi connectivity index (χ0n) is 12.8. The molecule has 7 nitrogen and oxygen atoms in total. The number of halogens is 1. The van der Waals surface area contributed by atoms with Crippen molar-refractivity contribution in [3.63, 3.8) is 0 Å². The van der Waals surface area contributed by atoms with E-state index >= 15 is 0 Å². The molecule has 1 atom stereocenters. The molecule has 24 heavy (non-hydrogen) atoms. The summed E-state index contributed by atoms with van der Waals surface area (Å²) in [6.07, 6.45) is 6.14. The lowest BCUT2D eigenvalue weighted by molar-refractivity contribution is -0.986. The molecule has 1 unspecified atom stereocenters. The molecular weight excluding hydrogens is 376 g/mol. The standard InChI is InChI=1S/C16H14BrN4O3/c1-2-23-16(22)24-21-7-6-19-15(21)12-4-3-5-13(17)14(12)20-10-18-8-11(20)9-21/h3-8,10H,2,9H2,1H3/q+1. The molecule has 8 heteroatoms. The third-order valence-corrected chi connectivity index (χ3v) is 4.58. The summed E-state index contributed by atoms with van der Waals surface area (Å²) in [5.74, 6) is 0.628. The molecule has 0 amide bonds. The van der Waals surface area contributed by atoms with Gasteiger partial charge in [-0.25, -0.2) is 9.82 Å². The Morgan fingerprint density at radius 1 is 1.46 bits per heavy atom. The topological polar surface area (TPSA) is 65.7 Å². The fourth-order valence-corrected chi connectivity index (χ4v) is 3.54. The van der Waals surface area contributed by atoms with Gasteiger partial charge in [-0.2, -0.15) is 9.79 Å². The van der Waals surface area contributed by atoms with E-state index in [-0.39, 0.29) is 11.3 Å². The van der Waals surface area contributed by atoms with Crippen molar-refractivity contribution >= 4 is 27.9 Å². The van der Waals surface area contributed by atoms with Crippen LogP contribution in [-0.4, -0.2) is 32.8 Å². The van der Waals surface area contributed by atoms with E-state index in [1.165, 1.54) is 0 Å². The van der Waals surface area contributed by atoms with Gasteiger partial charge in [-0.05, 0) is 39.6 Å². The van der Waals surface area contributed by atoms with Gasteiger partial charge in [0.25, 0.3) is 5.84 Å². The summed E-state index contributed by atoms with van der Waals surface area (Å²) in [5.41, 5.74) is 2.67. The minimum atomic E-state index is -0.735. The Bertz CT molecular complexity index is 889. The Labute approximate surface area is 146 Å². The number of hydroxylamine groups is 3. The minimum Gasteiger partial charge on any atom is -0.431 e. The summed E-state index contributed by atoms with van der Waals surface area (Å²) in [7, 11) is 0. The van der Waals surface area contributed by atoms with E-state index in [0.717, 1.165) is 21.4 Å². The van der Waals surface area contributed by atoms with Crippen molar-refractivity contribution in [2.45, 2.75) is 13.5 Å². The minimum absolute atomic E-state index is 0.187. The first-order chi connectivity index (χ1) is 11.6. The average Bonchev–Trinajstić information content (AvgIpc) is 3.13. The zero-order valence-corrected chi connectivity index (χ0v) is 14.4. The number of benzene rings is 1. The van der Waals surface area contributed by atoms with Gasteiger partial charge in [-0.1, -0.05) is 6.07 Å². The summed E-state index contributed by atoms with van der Waals surface area (Å²) in [4.78, 5) is 26.4. The first-order valence-corrected chi connectivity index (χ1v) is 8.24. The van der Waals surface area contributed by atoms with Gasteiger partial charge < -0.3 is 4.74 Å². The van der Waals surface area contributed by atoms with Gasteiger partial charge in [0, 0.05) is 4.47 Å². The number of ether oxygens (including phenoxy) is 1. The Morgan fingerprint density at radius 3 is 3.17 bits per heavy atom. The summed E-state index contributed by atoms with van der Waals surface area (Å²) in [5, 5.41) is 0. The van der Waals surface area contributed by atoms with E-state index in [0.29, 0.717) is 12.4 Å². The van der Waals surface area contributed by atoms with Crippen LogP contribution >= 0.6 is 15.9 Å². The van der Waals surface area contributed by atoms with Gasteiger partial charge in [0.2, 0.25) is 0 Å². The number of carbonyl (C=O) groups is 1. The van der Waals surface area contributed by atoms with Crippen molar-refractivity contribution in [3.05, 3.63) is 58.9 Å². The maximum Gasteiger partial charge on any atom is 0.560 e. The number of nitrogens with zero attached hydrogens (tertiary/aromatic N) is 4. The van der Waals surface area contributed by atoms with Crippen LogP contribution in [0.2, 0.25) is 0 Å². The summed E-state index contributed by atoms with van der Waals surface area (Å²) < 4.78 is 7.67. The van der Waals surface area contributed by atoms with Crippen molar-refractivity contribution < 1.29 is 19.0 Å². The quantitative estimate of drug-likeness (QED) is 0.583. The lowest BCUT2D eigenvalue weighted by atomic mass is 10.1. The molecule has 122 valence electrons. The normalized spacial score (nSPS) is 20.5. The molecule has 0 spiro atoms. The first kappa shape index (κ1) is 15.1. The Kier molecular flexibility index (Phi) is 3.50. The molecule has 1 aromatic heterocycles. The number of amidine groups is 1. The lowest BCUT2D eigenvalue weighted by Gasteiger charge is -2.25. The predicted molar refractivity (Wildman–Crippen MR) is 89.0 cm³/mol. The van der Waals surface area contributed by atoms with Crippen molar-refractivity contribution in [1.82, 2.24) is 9.55 Å². The number of rotatable bonds is 2. The Hall–Kier alpha value is -2.45. The van der Waals surface area contributed by atoms with E-state index in [1.54, 1.807) is 31.8 Å². The number of aliphatic imine (C=N–C) groups is 1. The summed E-state index contributed by atoms with van der Waals surface area (Å²) >= 11 is 3.60. The second kappa shape index (κ2) is 5.57. The van der Waals surface area contributed by atoms with Gasteiger partial charge in [0.05, 0.1) is 36.6 Å². The van der Waals surface area contributed by atoms with E-state index in [4.69, 9.17) is 9.57 Å². The Morgan fingerprint density at radius 2 is 2.33 bits per heavy atom. The molecule has 2 aliphatic heterocycles. The number of carbonyl (C=O) groups excluding carboxylic acids is 1. The molecular formula is C16H14BrN4O3+. The van der Waals surface area contributed by atoms with Crippen molar-refractivity contribution in [1.29, 1.82) is 0 Å². The smallest absolute Gasteiger partial charge is 0.431 e. The molecule has 3 heterocycles. The molecule has 0 saturated carbocycles. The van der Waals surface area contributed by atoms with Gasteiger partial charge in [0.1, 0.15) is 5.69 Å². The third-order valence-electron chi connectivity index (χ3n) is 3.94. The number of fused-ring (bicyclic) bond motifs is 5. The number of aromatic nitrogens is 2. The van der Waals surface area contributed by atoms with E-state index in [9.17, 15) is 4.79 Å². The predicted octanol–water partition coefficient (Wildman–Crippen LogP) is 3.28. The van der Waals surface area contributed by atoms with Gasteiger partial charge in [-0.15, -0.1) is 0 Å². The second-order valence-corrected chi connectivity index (χ2v) is 6.22. The number of imidazole rings is 1. The monoisotopic (exact) mass is 389 g/mol. The van der Waals surface area contributed by atoms with Gasteiger partial charge in [0.15, 0.2) is 12.7 Å². The molecule has 2 aliphatic rings. The molecule has 0 bridgehead atoms. The number of hydrogen-bond donors (Lipinski definition) is 0. The van der Waals surface area contributed by atoms with Crippen LogP contribution in [0.25, 0.3) is 5.69 Å². The van der Waals surface area contributed by atoms with Crippen LogP contribution in [0, 0.1) is 0 Å². The maximum absolute atomic E-state index is 12.0. The highest BCUT2D eigenvalue weighted by Gasteiger charge is 2.47. The molecule has 0 fully saturated rings. The highest BCUT2D eigenvalue weighted by molar-refractivity contribution is 9.10. The van der Waals surface area contributed by atoms with E-state index in [1.807, 2.05) is 22.8 Å². The molecule has 0 radical (unpaired) electrons. The average molecular weight is 390 g/mol. The number of quaternary nitrogens is 1. The van der Waals surface area contributed by atoms with Crippen LogP contribution in [0.1, 0.15) is 18.2 Å². The van der Waals surface area contributed by atoms with Crippen LogP contribution in [0.4, 0.5) is 4.79 Å². The summed E-state index contributed by atoms with van der Waals surface area (Å²) in [6, 6.07) is 5.82. The van der Waals surface area contributed by atoms with Crippen LogP contribution < -0.4 is 0 Å². The molecule has 0 aliphatic carbocycles. The molecule has 4 rings (SSSR count). The van der Waals surface area contributed by atoms with Crippen LogP contribution in [-0.2, 0) is 16.1 Å². The fraction of sp³-hybridized carbons (Fsp3) is 0.188. The van der Waals surface area contributed by atoms with Gasteiger partial charge >= 0.3 is 6.16 Å². The molecule has 2 aromatic rings. The largest absolute Gasteiger partial charge is 0.560 e. The van der Waals surface area contributed by atoms with E-state index < -0.39 is 6.16 Å². The zero-order chi connectivity index (χ0) is 16.7. The number of hydrogen-bond acceptors (Lipinski definition) is 5. The SMILES string of the molecule is CCOC(=O)O[N+]12C=CN=C1c1cccc(Br)c1-n1cncc1C2. The molecule has 0 saturated heterocycles. The highest BCUT2D eigenvalue weighted by atomic mass is 79.9. The van der Waals surface area contributed by atoms with Crippen molar-refractivity contribution in [3.8, 4) is 5.69 Å². The fourth-order valence-electron chi connectivity index (χ4n) is 2.99. The maximum atomic E-state index is 12.0. The molecule has 1 aromatic carbocycles. The second-order valence-electron chi connectivity index (χ2n) is 5.37. The Balaban J connectivity index is 1.91. The van der Waals surface area contributed by atoms with Gasteiger partial charge in [-0.3, -0.25) is 4.57 Å². The van der Waals surface area contributed by atoms with Crippen LogP contribution in [0.15, 0.2) is 52.6 Å². The number of para-hydroxylation sites is 1. The summed E-state index contributed by atoms with van der Waals surface area (Å²) in [6.45, 7) is 2.35. The first-order valence-electron chi connectivity index (χ1n) is 7.45. The van der Waals surface area contributed by atoms with Crippen molar-refractivity contribution in [2.24, 2.45) is 4.99 Å². The third kappa shape index (κ3) is 2.18. The lowest BCUT2D eigenvalue weighted by Crippen LogP contribution is -2.47. The van der Waals surface area contributed by atoms with E-state index in [2.05, 4.69) is 25.9 Å². The van der Waals surface area contributed by atoms with Crippen LogP contribution in [0.5, 0.6) is 0 Å². The highest BCUT2D eigenvalue weighted by Crippen LogP contribution is 2.36. The van der Waals surface area contributed by atoms with Crippen molar-refractivity contribution in [2.75, 3.05) is 6.61 Å².